The average molecular weight is 260 g/mol. The molecule has 0 aliphatic rings. The first-order valence-corrected chi connectivity index (χ1v) is 6.93. The second-order valence-corrected chi connectivity index (χ2v) is 5.68. The van der Waals surface area contributed by atoms with Gasteiger partial charge in [-0.3, -0.25) is 4.79 Å². The van der Waals surface area contributed by atoms with Gasteiger partial charge in [0.15, 0.2) is 4.34 Å². The molecule has 7 heteroatoms. The summed E-state index contributed by atoms with van der Waals surface area (Å²) in [6.45, 7) is 4.11. The van der Waals surface area contributed by atoms with Gasteiger partial charge in [0.05, 0.1) is 5.75 Å². The van der Waals surface area contributed by atoms with Crippen LogP contribution in [0.1, 0.15) is 26.7 Å². The largest absolute Gasteiger partial charge is 0.374 e. The highest BCUT2D eigenvalue weighted by Crippen LogP contribution is 2.22. The molecule has 0 spiro atoms. The summed E-state index contributed by atoms with van der Waals surface area (Å²) < 4.78 is 0.732. The smallest absolute Gasteiger partial charge is 0.230 e. The first-order valence-electron chi connectivity index (χ1n) is 5.13. The molecule has 16 heavy (non-hydrogen) atoms. The molecule has 0 saturated carbocycles. The maximum Gasteiger partial charge on any atom is 0.230 e. The van der Waals surface area contributed by atoms with Gasteiger partial charge in [0.2, 0.25) is 11.0 Å². The van der Waals surface area contributed by atoms with Gasteiger partial charge in [0.25, 0.3) is 0 Å². The molecule has 1 amide bonds. The highest BCUT2D eigenvalue weighted by Gasteiger charge is 2.09. The lowest BCUT2D eigenvalue weighted by atomic mass is 10.2. The fourth-order valence-corrected chi connectivity index (χ4v) is 2.67. The Hall–Kier alpha value is -0.820. The molecule has 90 valence electrons. The van der Waals surface area contributed by atoms with E-state index in [4.69, 9.17) is 5.73 Å². The zero-order chi connectivity index (χ0) is 12.0. The van der Waals surface area contributed by atoms with Crippen LogP contribution in [0.25, 0.3) is 0 Å². The van der Waals surface area contributed by atoms with E-state index in [2.05, 4.69) is 22.4 Å². The third-order valence-electron chi connectivity index (χ3n) is 1.88. The third kappa shape index (κ3) is 4.80. The minimum atomic E-state index is 0.0275. The Kier molecular flexibility index (Phi) is 5.54. The molecule has 0 unspecified atom stereocenters. The number of nitrogens with two attached hydrogens (primary N) is 1. The van der Waals surface area contributed by atoms with Crippen molar-refractivity contribution < 1.29 is 4.79 Å². The summed E-state index contributed by atoms with van der Waals surface area (Å²) >= 11 is 2.66. The summed E-state index contributed by atoms with van der Waals surface area (Å²) in [5, 5.41) is 10.9. The molecular formula is C9H16N4OS2. The predicted molar refractivity (Wildman–Crippen MR) is 67.6 cm³/mol. The molecule has 5 nitrogen and oxygen atoms in total. The number of thioether (sulfide) groups is 1. The minimum Gasteiger partial charge on any atom is -0.374 e. The number of amides is 1. The molecule has 1 rings (SSSR count). The number of hydrogen-bond acceptors (Lipinski definition) is 6. The second-order valence-electron chi connectivity index (χ2n) is 3.45. The highest BCUT2D eigenvalue weighted by molar-refractivity contribution is 8.01. The number of anilines is 1. The van der Waals surface area contributed by atoms with Crippen LogP contribution in [0.4, 0.5) is 5.13 Å². The SMILES string of the molecule is CCC[C@H](C)NC(=O)CSc1nnc(N)s1. The van der Waals surface area contributed by atoms with E-state index in [1.807, 2.05) is 6.92 Å². The Labute approximate surface area is 103 Å². The lowest BCUT2D eigenvalue weighted by Gasteiger charge is -2.11. The van der Waals surface area contributed by atoms with Crippen molar-refractivity contribution in [1.29, 1.82) is 0 Å². The Morgan fingerprint density at radius 3 is 2.94 bits per heavy atom. The van der Waals surface area contributed by atoms with Crippen LogP contribution in [0, 0.1) is 0 Å². The molecule has 1 heterocycles. The van der Waals surface area contributed by atoms with Gasteiger partial charge in [-0.05, 0) is 13.3 Å². The molecule has 0 radical (unpaired) electrons. The Morgan fingerprint density at radius 1 is 1.62 bits per heavy atom. The zero-order valence-corrected chi connectivity index (χ0v) is 11.0. The van der Waals surface area contributed by atoms with Crippen LogP contribution in [0.15, 0.2) is 4.34 Å². The molecule has 0 aromatic carbocycles. The Bertz CT molecular complexity index is 342. The molecule has 1 atom stereocenters. The van der Waals surface area contributed by atoms with Crippen LogP contribution >= 0.6 is 23.1 Å². The van der Waals surface area contributed by atoms with E-state index in [1.165, 1.54) is 23.1 Å². The standard InChI is InChI=1S/C9H16N4OS2/c1-3-4-6(2)11-7(14)5-15-9-13-12-8(10)16-9/h6H,3-5H2,1-2H3,(H2,10,12)(H,11,14)/t6-/m0/s1. The monoisotopic (exact) mass is 260 g/mol. The number of carbonyl (C=O) groups is 1. The lowest BCUT2D eigenvalue weighted by Crippen LogP contribution is -2.33. The van der Waals surface area contributed by atoms with Crippen molar-refractivity contribution in [2.75, 3.05) is 11.5 Å². The van der Waals surface area contributed by atoms with Crippen molar-refractivity contribution >= 4 is 34.1 Å². The van der Waals surface area contributed by atoms with Gasteiger partial charge in [0.1, 0.15) is 0 Å². The number of nitrogens with one attached hydrogen (secondary N) is 1. The second kappa shape index (κ2) is 6.70. The molecule has 0 aliphatic heterocycles. The number of aromatic nitrogens is 2. The van der Waals surface area contributed by atoms with Crippen molar-refractivity contribution in [2.24, 2.45) is 0 Å². The van der Waals surface area contributed by atoms with Gasteiger partial charge < -0.3 is 11.1 Å². The lowest BCUT2D eigenvalue weighted by molar-refractivity contribution is -0.119. The number of hydrogen-bond donors (Lipinski definition) is 2. The summed E-state index contributed by atoms with van der Waals surface area (Å²) in [5.74, 6) is 0.391. The van der Waals surface area contributed by atoms with Gasteiger partial charge in [-0.2, -0.15) is 0 Å². The molecule has 0 fully saturated rings. The summed E-state index contributed by atoms with van der Waals surface area (Å²) in [4.78, 5) is 11.5. The quantitative estimate of drug-likeness (QED) is 0.758. The minimum absolute atomic E-state index is 0.0275. The molecule has 3 N–H and O–H groups in total. The molecular weight excluding hydrogens is 244 g/mol. The summed E-state index contributed by atoms with van der Waals surface area (Å²) in [6.07, 6.45) is 2.07. The number of carbonyl (C=O) groups excluding carboxylic acids is 1. The van der Waals surface area contributed by atoms with E-state index in [0.717, 1.165) is 17.2 Å². The van der Waals surface area contributed by atoms with Gasteiger partial charge >= 0.3 is 0 Å². The maximum absolute atomic E-state index is 11.5. The van der Waals surface area contributed by atoms with Crippen LogP contribution in [0.2, 0.25) is 0 Å². The maximum atomic E-state index is 11.5. The van der Waals surface area contributed by atoms with Crippen molar-refractivity contribution in [3.05, 3.63) is 0 Å². The fraction of sp³-hybridized carbons (Fsp3) is 0.667. The van der Waals surface area contributed by atoms with Gasteiger partial charge in [0, 0.05) is 6.04 Å². The summed E-state index contributed by atoms with van der Waals surface area (Å²) in [7, 11) is 0. The first-order chi connectivity index (χ1) is 7.61. The van der Waals surface area contributed by atoms with E-state index < -0.39 is 0 Å². The van der Waals surface area contributed by atoms with Crippen LogP contribution < -0.4 is 11.1 Å². The predicted octanol–water partition coefficient (Wildman–Crippen LogP) is 1.52. The van der Waals surface area contributed by atoms with Crippen molar-refractivity contribution in [1.82, 2.24) is 15.5 Å². The summed E-state index contributed by atoms with van der Waals surface area (Å²) in [6, 6.07) is 0.234. The molecule has 0 aliphatic carbocycles. The van der Waals surface area contributed by atoms with E-state index in [9.17, 15) is 4.79 Å². The zero-order valence-electron chi connectivity index (χ0n) is 9.40. The first kappa shape index (κ1) is 13.2. The average Bonchev–Trinajstić information content (AvgIpc) is 2.61. The fourth-order valence-electron chi connectivity index (χ4n) is 1.23. The van der Waals surface area contributed by atoms with E-state index in [-0.39, 0.29) is 11.9 Å². The van der Waals surface area contributed by atoms with Gasteiger partial charge in [-0.1, -0.05) is 36.4 Å². The van der Waals surface area contributed by atoms with Gasteiger partial charge in [-0.25, -0.2) is 0 Å². The van der Waals surface area contributed by atoms with Crippen molar-refractivity contribution in [3.63, 3.8) is 0 Å². The number of rotatable bonds is 6. The van der Waals surface area contributed by atoms with Crippen LogP contribution in [0.5, 0.6) is 0 Å². The van der Waals surface area contributed by atoms with Crippen LogP contribution in [0.3, 0.4) is 0 Å². The van der Waals surface area contributed by atoms with Crippen LogP contribution in [-0.2, 0) is 4.79 Å². The van der Waals surface area contributed by atoms with Gasteiger partial charge in [-0.15, -0.1) is 10.2 Å². The van der Waals surface area contributed by atoms with E-state index >= 15 is 0 Å². The van der Waals surface area contributed by atoms with Crippen molar-refractivity contribution in [2.45, 2.75) is 37.1 Å². The molecule has 1 aromatic rings. The van der Waals surface area contributed by atoms with E-state index in [1.54, 1.807) is 0 Å². The molecule has 1 aromatic heterocycles. The molecule has 0 bridgehead atoms. The van der Waals surface area contributed by atoms with Crippen LogP contribution in [-0.4, -0.2) is 27.9 Å². The Balaban J connectivity index is 2.25. The summed E-state index contributed by atoms with van der Waals surface area (Å²) in [5.41, 5.74) is 5.44. The van der Waals surface area contributed by atoms with Crippen molar-refractivity contribution in [3.8, 4) is 0 Å². The van der Waals surface area contributed by atoms with E-state index in [0.29, 0.717) is 10.9 Å². The Morgan fingerprint density at radius 2 is 2.38 bits per heavy atom. The topological polar surface area (TPSA) is 80.9 Å². The number of nitrogens with zero attached hydrogens (tertiary/aromatic N) is 2. The third-order valence-corrected chi connectivity index (χ3v) is 3.76. The highest BCUT2D eigenvalue weighted by atomic mass is 32.2. The molecule has 0 saturated heterocycles. The normalized spacial score (nSPS) is 12.4. The number of nitrogen functional groups attached to an aromatic ring is 1.